The Morgan fingerprint density at radius 1 is 1.30 bits per heavy atom. The minimum Gasteiger partial charge on any atom is -0.465 e. The molecule has 0 saturated carbocycles. The molecule has 7 nitrogen and oxygen atoms in total. The number of fused-ring (bicyclic) bond motifs is 1. The summed E-state index contributed by atoms with van der Waals surface area (Å²) in [6, 6.07) is 6.92. The zero-order valence-corrected chi connectivity index (χ0v) is 17.3. The third-order valence-electron chi connectivity index (χ3n) is 3.78. The first-order chi connectivity index (χ1) is 12.8. The molecule has 0 bridgehead atoms. The third kappa shape index (κ3) is 4.37. The van der Waals surface area contributed by atoms with E-state index in [9.17, 15) is 4.79 Å². The lowest BCUT2D eigenvalue weighted by atomic mass is 10.3. The van der Waals surface area contributed by atoms with Crippen LogP contribution in [0.3, 0.4) is 0 Å². The second kappa shape index (κ2) is 7.53. The normalized spacial score (nSPS) is 11.4. The van der Waals surface area contributed by atoms with Crippen LogP contribution in [0.4, 0.5) is 10.6 Å². The molecule has 3 aromatic heterocycles. The molecule has 0 aromatic carbocycles. The van der Waals surface area contributed by atoms with Gasteiger partial charge in [-0.25, -0.2) is 14.8 Å². The van der Waals surface area contributed by atoms with Crippen LogP contribution in [0.15, 0.2) is 47.5 Å². The van der Waals surface area contributed by atoms with Crippen LogP contribution in [-0.4, -0.2) is 39.9 Å². The molecule has 140 valence electrons. The number of rotatable bonds is 5. The van der Waals surface area contributed by atoms with E-state index in [-0.39, 0.29) is 0 Å². The Morgan fingerprint density at radius 2 is 2.07 bits per heavy atom. The molecule has 27 heavy (non-hydrogen) atoms. The monoisotopic (exact) mass is 399 g/mol. The minimum atomic E-state index is -1.54. The molecule has 0 fully saturated rings. The van der Waals surface area contributed by atoms with Gasteiger partial charge in [-0.15, -0.1) is 6.58 Å². The van der Waals surface area contributed by atoms with Gasteiger partial charge in [-0.05, 0) is 24.3 Å². The van der Waals surface area contributed by atoms with Gasteiger partial charge in [-0.3, -0.25) is 14.6 Å². The Balaban J connectivity index is 1.89. The second-order valence-corrected chi connectivity index (χ2v) is 12.5. The standard InChI is InChI=1S/C18H21N5O2SSi/c1-5-10-23(26)18(24)22-15-8-6-12-17(21-15)20-13(11-19-12)14-7-9-16(25-14)27(2,3)4/h5-9,11,26H,1,10H2,2-4H3,(H,20,21,22,24). The molecule has 0 spiro atoms. The summed E-state index contributed by atoms with van der Waals surface area (Å²) in [4.78, 5) is 25.3. The number of aromatic nitrogens is 3. The van der Waals surface area contributed by atoms with Crippen LogP contribution >= 0.6 is 12.8 Å². The first-order valence-electron chi connectivity index (χ1n) is 8.40. The van der Waals surface area contributed by atoms with Crippen LogP contribution in [0.25, 0.3) is 22.6 Å². The summed E-state index contributed by atoms with van der Waals surface area (Å²) >= 11 is 4.08. The van der Waals surface area contributed by atoms with E-state index in [2.05, 4.69) is 59.3 Å². The highest BCUT2D eigenvalue weighted by atomic mass is 32.1. The van der Waals surface area contributed by atoms with E-state index >= 15 is 0 Å². The van der Waals surface area contributed by atoms with Gasteiger partial charge in [0, 0.05) is 0 Å². The molecule has 0 saturated heterocycles. The van der Waals surface area contributed by atoms with Gasteiger partial charge in [0.05, 0.1) is 18.1 Å². The topological polar surface area (TPSA) is 84.2 Å². The van der Waals surface area contributed by atoms with E-state index in [4.69, 9.17) is 4.42 Å². The lowest BCUT2D eigenvalue weighted by molar-refractivity contribution is 0.241. The number of anilines is 1. The fourth-order valence-corrected chi connectivity index (χ4v) is 3.51. The van der Waals surface area contributed by atoms with Gasteiger partial charge in [0.15, 0.2) is 11.4 Å². The Bertz CT molecular complexity index is 999. The largest absolute Gasteiger partial charge is 0.465 e. The highest BCUT2D eigenvalue weighted by Crippen LogP contribution is 2.20. The maximum atomic E-state index is 12.0. The van der Waals surface area contributed by atoms with Gasteiger partial charge in [0.2, 0.25) is 0 Å². The van der Waals surface area contributed by atoms with Gasteiger partial charge >= 0.3 is 6.03 Å². The predicted octanol–water partition coefficient (Wildman–Crippen LogP) is 3.69. The number of hydrogen-bond acceptors (Lipinski definition) is 6. The highest BCUT2D eigenvalue weighted by Gasteiger charge is 2.21. The van der Waals surface area contributed by atoms with E-state index < -0.39 is 14.1 Å². The Kier molecular flexibility index (Phi) is 5.33. The molecule has 9 heteroatoms. The molecule has 0 aliphatic heterocycles. The third-order valence-corrected chi connectivity index (χ3v) is 5.87. The van der Waals surface area contributed by atoms with Crippen molar-refractivity contribution in [3.63, 3.8) is 0 Å². The molecule has 1 N–H and O–H groups in total. The molecular formula is C18H21N5O2SSi. The molecule has 0 unspecified atom stereocenters. The van der Waals surface area contributed by atoms with E-state index in [0.29, 0.717) is 35.0 Å². The van der Waals surface area contributed by atoms with E-state index in [1.54, 1.807) is 24.4 Å². The highest BCUT2D eigenvalue weighted by molar-refractivity contribution is 7.78. The summed E-state index contributed by atoms with van der Waals surface area (Å²) in [5.74, 6) is 1.02. The van der Waals surface area contributed by atoms with Crippen molar-refractivity contribution in [2.75, 3.05) is 11.9 Å². The van der Waals surface area contributed by atoms with Crippen molar-refractivity contribution in [2.45, 2.75) is 19.6 Å². The number of pyridine rings is 1. The van der Waals surface area contributed by atoms with Crippen LogP contribution in [0.1, 0.15) is 0 Å². The van der Waals surface area contributed by atoms with Crippen LogP contribution < -0.4 is 10.7 Å². The number of carbonyl (C=O) groups excluding carboxylic acids is 1. The average molecular weight is 400 g/mol. The number of urea groups is 1. The summed E-state index contributed by atoms with van der Waals surface area (Å²) in [6.45, 7) is 10.5. The number of nitrogens with one attached hydrogen (secondary N) is 1. The van der Waals surface area contributed by atoms with Crippen LogP contribution in [0.2, 0.25) is 19.6 Å². The van der Waals surface area contributed by atoms with Gasteiger partial charge < -0.3 is 4.42 Å². The molecule has 3 heterocycles. The maximum Gasteiger partial charge on any atom is 0.333 e. The van der Waals surface area contributed by atoms with Crippen molar-refractivity contribution >= 4 is 49.3 Å². The van der Waals surface area contributed by atoms with Crippen molar-refractivity contribution in [2.24, 2.45) is 0 Å². The fraction of sp³-hybridized carbons (Fsp3) is 0.222. The Morgan fingerprint density at radius 3 is 2.74 bits per heavy atom. The van der Waals surface area contributed by atoms with Crippen LogP contribution in [-0.2, 0) is 0 Å². The quantitative estimate of drug-likeness (QED) is 0.388. The fourth-order valence-electron chi connectivity index (χ4n) is 2.34. The number of carbonyl (C=O) groups is 1. The molecule has 0 atom stereocenters. The van der Waals surface area contributed by atoms with E-state index in [1.807, 2.05) is 12.1 Å². The summed E-state index contributed by atoms with van der Waals surface area (Å²) in [5.41, 5.74) is 1.65. The summed E-state index contributed by atoms with van der Waals surface area (Å²) < 4.78 is 7.17. The first kappa shape index (κ1) is 19.1. The zero-order valence-electron chi connectivity index (χ0n) is 15.4. The zero-order chi connectivity index (χ0) is 19.6. The predicted molar refractivity (Wildman–Crippen MR) is 113 cm³/mol. The molecule has 0 aliphatic carbocycles. The van der Waals surface area contributed by atoms with Crippen molar-refractivity contribution in [1.29, 1.82) is 0 Å². The number of furan rings is 1. The number of amides is 2. The Labute approximate surface area is 164 Å². The SMILES string of the molecule is C=CCN(S)C(=O)Nc1ccc2ncc(-c3ccc([Si](C)(C)C)o3)nc2n1. The maximum absolute atomic E-state index is 12.0. The number of nitrogens with zero attached hydrogens (tertiary/aromatic N) is 4. The molecule has 0 radical (unpaired) electrons. The second-order valence-electron chi connectivity index (χ2n) is 7.01. The van der Waals surface area contributed by atoms with Crippen molar-refractivity contribution in [1.82, 2.24) is 19.3 Å². The van der Waals surface area contributed by atoms with Gasteiger partial charge in [-0.2, -0.15) is 0 Å². The summed E-state index contributed by atoms with van der Waals surface area (Å²) in [7, 11) is -1.54. The van der Waals surface area contributed by atoms with Crippen molar-refractivity contribution < 1.29 is 9.21 Å². The molecule has 2 amide bonds. The Hall–Kier alpha value is -2.65. The van der Waals surface area contributed by atoms with Crippen molar-refractivity contribution in [3.05, 3.63) is 43.1 Å². The lowest BCUT2D eigenvalue weighted by Crippen LogP contribution is -2.36. The summed E-state index contributed by atoms with van der Waals surface area (Å²) in [6.07, 6.45) is 3.24. The average Bonchev–Trinajstić information content (AvgIpc) is 3.12. The number of hydrogen-bond donors (Lipinski definition) is 2. The smallest absolute Gasteiger partial charge is 0.333 e. The molecule has 3 aromatic rings. The van der Waals surface area contributed by atoms with Gasteiger partial charge in [-0.1, -0.05) is 38.5 Å². The number of thiol groups is 1. The van der Waals surface area contributed by atoms with Crippen molar-refractivity contribution in [3.8, 4) is 11.5 Å². The molecular weight excluding hydrogens is 378 g/mol. The molecule has 3 rings (SSSR count). The van der Waals surface area contributed by atoms with E-state index in [1.165, 1.54) is 4.31 Å². The van der Waals surface area contributed by atoms with Gasteiger partial charge in [0.1, 0.15) is 25.1 Å². The van der Waals surface area contributed by atoms with Crippen LogP contribution in [0, 0.1) is 0 Å². The summed E-state index contributed by atoms with van der Waals surface area (Å²) in [5, 5.41) is 3.67. The van der Waals surface area contributed by atoms with Gasteiger partial charge in [0.25, 0.3) is 0 Å². The molecule has 0 aliphatic rings. The first-order valence-corrected chi connectivity index (χ1v) is 12.3. The minimum absolute atomic E-state index is 0.310. The van der Waals surface area contributed by atoms with Crippen LogP contribution in [0.5, 0.6) is 0 Å². The lowest BCUT2D eigenvalue weighted by Gasteiger charge is -2.13. The van der Waals surface area contributed by atoms with E-state index in [0.717, 1.165) is 5.38 Å².